The van der Waals surface area contributed by atoms with Gasteiger partial charge in [0.15, 0.2) is 0 Å². The van der Waals surface area contributed by atoms with E-state index in [1.165, 1.54) is 6.07 Å². The summed E-state index contributed by atoms with van der Waals surface area (Å²) in [6.45, 7) is 2.93. The van der Waals surface area contributed by atoms with E-state index in [9.17, 15) is 9.18 Å². The number of nitrogens with zero attached hydrogens (tertiary/aromatic N) is 4. The zero-order valence-electron chi connectivity index (χ0n) is 19.1. The molecule has 176 valence electrons. The number of carbonyl (C=O) groups is 1. The molecule has 0 N–H and O–H groups in total. The van der Waals surface area contributed by atoms with Gasteiger partial charge in [-0.25, -0.2) is 9.40 Å². The molecule has 5 rings (SSSR count). The number of amides is 1. The van der Waals surface area contributed by atoms with Crippen molar-refractivity contribution in [1.29, 1.82) is 0 Å². The van der Waals surface area contributed by atoms with Crippen molar-refractivity contribution >= 4 is 17.3 Å². The van der Waals surface area contributed by atoms with E-state index in [1.54, 1.807) is 30.5 Å². The van der Waals surface area contributed by atoms with Crippen molar-refractivity contribution in [3.63, 3.8) is 0 Å². The van der Waals surface area contributed by atoms with Gasteiger partial charge in [0.2, 0.25) is 0 Å². The molecule has 3 heterocycles. The summed E-state index contributed by atoms with van der Waals surface area (Å²) in [5.74, 6) is 1.19. The van der Waals surface area contributed by atoms with Gasteiger partial charge in [0.05, 0.1) is 31.3 Å². The Hall–Kier alpha value is -3.65. The van der Waals surface area contributed by atoms with Gasteiger partial charge in [-0.1, -0.05) is 12.1 Å². The lowest BCUT2D eigenvalue weighted by molar-refractivity contribution is -0.134. The highest BCUT2D eigenvalue weighted by Gasteiger charge is 2.35. The topological polar surface area (TPSA) is 61.5 Å². The van der Waals surface area contributed by atoms with Crippen LogP contribution in [0.5, 0.6) is 5.75 Å². The van der Waals surface area contributed by atoms with E-state index >= 15 is 0 Å². The van der Waals surface area contributed by atoms with Crippen LogP contribution in [0.1, 0.15) is 23.8 Å². The first-order valence-electron chi connectivity index (χ1n) is 11.4. The maximum absolute atomic E-state index is 14.1. The Labute approximate surface area is 198 Å². The van der Waals surface area contributed by atoms with Gasteiger partial charge >= 0.3 is 0 Å². The highest BCUT2D eigenvalue weighted by molar-refractivity contribution is 6.03. The number of anilines is 1. The summed E-state index contributed by atoms with van der Waals surface area (Å²) in [5, 5.41) is 6.26. The molecule has 1 saturated heterocycles. The van der Waals surface area contributed by atoms with E-state index in [2.05, 4.69) is 4.90 Å². The summed E-state index contributed by atoms with van der Waals surface area (Å²) in [6, 6.07) is 17.9. The molecule has 0 bridgehead atoms. The van der Waals surface area contributed by atoms with E-state index in [1.807, 2.05) is 47.4 Å². The van der Waals surface area contributed by atoms with Crippen LogP contribution in [0.2, 0.25) is 0 Å². The number of furan rings is 1. The number of hydrogen-bond acceptors (Lipinski definition) is 6. The van der Waals surface area contributed by atoms with Crippen LogP contribution >= 0.6 is 0 Å². The second-order valence-corrected chi connectivity index (χ2v) is 8.46. The molecular formula is C26H27FN4O3. The minimum Gasteiger partial charge on any atom is -0.497 e. The summed E-state index contributed by atoms with van der Waals surface area (Å²) in [6.07, 6.45) is 2.19. The minimum absolute atomic E-state index is 0.0794. The molecule has 7 nitrogen and oxygen atoms in total. The monoisotopic (exact) mass is 462 g/mol. The summed E-state index contributed by atoms with van der Waals surface area (Å²) < 4.78 is 25.0. The molecule has 1 atom stereocenters. The van der Waals surface area contributed by atoms with Crippen LogP contribution in [0.4, 0.5) is 10.1 Å². The number of benzene rings is 2. The van der Waals surface area contributed by atoms with Crippen molar-refractivity contribution in [3.05, 3.63) is 84.1 Å². The molecule has 34 heavy (non-hydrogen) atoms. The second-order valence-electron chi connectivity index (χ2n) is 8.46. The zero-order valence-corrected chi connectivity index (χ0v) is 19.1. The lowest BCUT2D eigenvalue weighted by atomic mass is 10.0. The second kappa shape index (κ2) is 9.69. The average Bonchev–Trinajstić information content (AvgIpc) is 3.55. The van der Waals surface area contributed by atoms with Crippen molar-refractivity contribution in [1.82, 2.24) is 9.91 Å². The van der Waals surface area contributed by atoms with Crippen molar-refractivity contribution in [2.45, 2.75) is 12.5 Å². The Kier molecular flexibility index (Phi) is 6.31. The molecule has 1 amide bonds. The van der Waals surface area contributed by atoms with Crippen molar-refractivity contribution in [3.8, 4) is 5.75 Å². The normalized spacial score (nSPS) is 18.8. The Morgan fingerprint density at radius 1 is 1.06 bits per heavy atom. The summed E-state index contributed by atoms with van der Waals surface area (Å²) >= 11 is 0. The van der Waals surface area contributed by atoms with Gasteiger partial charge in [0.25, 0.3) is 5.91 Å². The molecule has 1 aromatic heterocycles. The molecule has 3 aromatic rings. The maximum atomic E-state index is 14.1. The van der Waals surface area contributed by atoms with E-state index in [-0.39, 0.29) is 24.3 Å². The number of hydrogen-bond donors (Lipinski definition) is 0. The van der Waals surface area contributed by atoms with Gasteiger partial charge < -0.3 is 14.1 Å². The molecular weight excluding hydrogens is 435 g/mol. The quantitative estimate of drug-likeness (QED) is 0.556. The minimum atomic E-state index is -0.278. The van der Waals surface area contributed by atoms with Gasteiger partial charge in [-0.15, -0.1) is 0 Å². The van der Waals surface area contributed by atoms with Crippen molar-refractivity contribution in [2.75, 3.05) is 44.7 Å². The predicted molar refractivity (Wildman–Crippen MR) is 127 cm³/mol. The molecule has 1 fully saturated rings. The Balaban J connectivity index is 1.28. The summed E-state index contributed by atoms with van der Waals surface area (Å²) in [5.41, 5.74) is 2.40. The van der Waals surface area contributed by atoms with Crippen LogP contribution < -0.4 is 9.64 Å². The van der Waals surface area contributed by atoms with Crippen LogP contribution in [-0.2, 0) is 4.79 Å². The predicted octanol–water partition coefficient (Wildman–Crippen LogP) is 3.93. The number of piperazine rings is 1. The fourth-order valence-corrected chi connectivity index (χ4v) is 4.52. The first-order valence-corrected chi connectivity index (χ1v) is 11.4. The number of halogens is 1. The SMILES string of the molecule is COc1ccc(C2=NN(C(=O)CN3CCN(c4ccccc4F)CC3)[C@@H](c3ccco3)C2)cc1. The molecule has 8 heteroatoms. The van der Waals surface area contributed by atoms with Crippen LogP contribution in [0.15, 0.2) is 76.4 Å². The molecule has 0 radical (unpaired) electrons. The van der Waals surface area contributed by atoms with Gasteiger partial charge in [-0.3, -0.25) is 9.69 Å². The molecule has 0 unspecified atom stereocenters. The van der Waals surface area contributed by atoms with E-state index < -0.39 is 0 Å². The number of methoxy groups -OCH3 is 1. The molecule has 2 aliphatic heterocycles. The fraction of sp³-hybridized carbons (Fsp3) is 0.308. The Morgan fingerprint density at radius 2 is 1.82 bits per heavy atom. The highest BCUT2D eigenvalue weighted by Crippen LogP contribution is 2.33. The van der Waals surface area contributed by atoms with Gasteiger partial charge in [0, 0.05) is 32.6 Å². The third-order valence-electron chi connectivity index (χ3n) is 6.39. The maximum Gasteiger partial charge on any atom is 0.257 e. The lowest BCUT2D eigenvalue weighted by Crippen LogP contribution is -2.49. The first kappa shape index (κ1) is 22.2. The largest absolute Gasteiger partial charge is 0.497 e. The average molecular weight is 463 g/mol. The number of rotatable bonds is 6. The zero-order chi connectivity index (χ0) is 23.5. The molecule has 0 spiro atoms. The Bertz CT molecular complexity index is 1160. The van der Waals surface area contributed by atoms with E-state index in [0.29, 0.717) is 44.0 Å². The smallest absolute Gasteiger partial charge is 0.257 e. The van der Waals surface area contributed by atoms with E-state index in [0.717, 1.165) is 17.0 Å². The first-order chi connectivity index (χ1) is 16.6. The van der Waals surface area contributed by atoms with E-state index in [4.69, 9.17) is 14.3 Å². The number of hydrazone groups is 1. The Morgan fingerprint density at radius 3 is 2.50 bits per heavy atom. The van der Waals surface area contributed by atoms with Crippen LogP contribution in [0.3, 0.4) is 0 Å². The molecule has 2 aromatic carbocycles. The van der Waals surface area contributed by atoms with Gasteiger partial charge in [0.1, 0.15) is 23.4 Å². The molecule has 2 aliphatic rings. The van der Waals surface area contributed by atoms with Gasteiger partial charge in [-0.2, -0.15) is 5.10 Å². The lowest BCUT2D eigenvalue weighted by Gasteiger charge is -2.36. The van der Waals surface area contributed by atoms with Crippen LogP contribution in [-0.4, -0.2) is 61.4 Å². The van der Waals surface area contributed by atoms with Crippen molar-refractivity contribution < 1.29 is 18.3 Å². The van der Waals surface area contributed by atoms with Crippen LogP contribution in [0, 0.1) is 5.82 Å². The van der Waals surface area contributed by atoms with Crippen LogP contribution in [0.25, 0.3) is 0 Å². The number of carbonyl (C=O) groups excluding carboxylic acids is 1. The fourth-order valence-electron chi connectivity index (χ4n) is 4.52. The number of ether oxygens (including phenoxy) is 1. The summed E-state index contributed by atoms with van der Waals surface area (Å²) in [7, 11) is 1.63. The number of para-hydroxylation sites is 1. The molecule has 0 saturated carbocycles. The van der Waals surface area contributed by atoms with Gasteiger partial charge in [-0.05, 0) is 54.1 Å². The highest BCUT2D eigenvalue weighted by atomic mass is 19.1. The third kappa shape index (κ3) is 4.54. The standard InChI is InChI=1S/C26H27FN4O3/c1-33-20-10-8-19(9-11-20)22-17-24(25-7-4-16-34-25)31(28-22)26(32)18-29-12-14-30(15-13-29)23-6-3-2-5-21(23)27/h2-11,16,24H,12-15,17-18H2,1H3/t24-/m1/s1. The third-order valence-corrected chi connectivity index (χ3v) is 6.39. The summed E-state index contributed by atoms with van der Waals surface area (Å²) in [4.78, 5) is 17.5. The van der Waals surface area contributed by atoms with Crippen molar-refractivity contribution in [2.24, 2.45) is 5.10 Å². The molecule has 0 aliphatic carbocycles.